The highest BCUT2D eigenvalue weighted by molar-refractivity contribution is 5.96. The van der Waals surface area contributed by atoms with Gasteiger partial charge in [-0.05, 0) is 72.4 Å². The Morgan fingerprint density at radius 1 is 1.02 bits per heavy atom. The zero-order chi connectivity index (χ0) is 34.4. The second kappa shape index (κ2) is 15.4. The standard InChI is InChI=1S/C38H46F2N4O4/c1-4-24(2)38(43-25(3)45)16-17-44(37(38)48)34(15-14-26-10-6-5-7-11-26)36(47)42-33(20-27-18-30(39)22-31(40)19-27)35(46)32-21-28-12-8-9-13-29(28)23-41-32/h5-13,18-19,22,24,32-35,41,46H,4,14-17,20-21,23H2,1-3H3,(H,42,47)(H,43,45)/t24?,32-,33+,34+,35-,38+/m1/s1. The number of nitrogens with zero attached hydrogens (tertiary/aromatic N) is 1. The van der Waals surface area contributed by atoms with Crippen molar-refractivity contribution in [3.63, 3.8) is 0 Å². The second-order valence-corrected chi connectivity index (χ2v) is 13.3. The van der Waals surface area contributed by atoms with Gasteiger partial charge in [0.05, 0.1) is 12.1 Å². The third-order valence-electron chi connectivity index (χ3n) is 10.1. The molecule has 10 heteroatoms. The van der Waals surface area contributed by atoms with E-state index >= 15 is 0 Å². The van der Waals surface area contributed by atoms with Crippen LogP contribution in [0.2, 0.25) is 0 Å². The largest absolute Gasteiger partial charge is 0.389 e. The first-order valence-corrected chi connectivity index (χ1v) is 16.9. The number of fused-ring (bicyclic) bond motifs is 1. The summed E-state index contributed by atoms with van der Waals surface area (Å²) in [6, 6.07) is 18.4. The van der Waals surface area contributed by atoms with E-state index in [1.807, 2.05) is 68.4 Å². The van der Waals surface area contributed by atoms with Crippen molar-refractivity contribution in [1.82, 2.24) is 20.9 Å². The fourth-order valence-corrected chi connectivity index (χ4v) is 7.31. The van der Waals surface area contributed by atoms with Crippen LogP contribution in [0.15, 0.2) is 72.8 Å². The van der Waals surface area contributed by atoms with Crippen LogP contribution in [0.3, 0.4) is 0 Å². The molecule has 4 N–H and O–H groups in total. The van der Waals surface area contributed by atoms with Gasteiger partial charge in [-0.1, -0.05) is 74.9 Å². The molecule has 0 spiro atoms. The van der Waals surface area contributed by atoms with E-state index in [1.165, 1.54) is 19.1 Å². The second-order valence-electron chi connectivity index (χ2n) is 13.3. The molecule has 48 heavy (non-hydrogen) atoms. The maximum absolute atomic E-state index is 14.4. The van der Waals surface area contributed by atoms with Gasteiger partial charge >= 0.3 is 0 Å². The molecular formula is C38H46F2N4O4. The van der Waals surface area contributed by atoms with Gasteiger partial charge in [0, 0.05) is 32.1 Å². The average Bonchev–Trinajstić information content (AvgIpc) is 3.38. The number of carbonyl (C=O) groups excluding carboxylic acids is 3. The smallest absolute Gasteiger partial charge is 0.249 e. The minimum absolute atomic E-state index is 0.0382. The number of rotatable bonds is 13. The molecule has 8 nitrogen and oxygen atoms in total. The van der Waals surface area contributed by atoms with E-state index in [9.17, 15) is 28.3 Å². The van der Waals surface area contributed by atoms with Gasteiger partial charge < -0.3 is 26.0 Å². The Morgan fingerprint density at radius 2 is 1.69 bits per heavy atom. The lowest BCUT2D eigenvalue weighted by molar-refractivity contribution is -0.144. The van der Waals surface area contributed by atoms with Crippen molar-refractivity contribution < 1.29 is 28.3 Å². The Bertz CT molecular complexity index is 1580. The molecule has 0 bridgehead atoms. The number of amides is 3. The SMILES string of the molecule is CCC(C)[C@@]1(NC(C)=O)CCN([C@@H](CCc2ccccc2)C(=O)N[C@@H](Cc2cc(F)cc(F)c2)[C@H](O)[C@H]2Cc3ccccc3CN2)C1=O. The number of carbonyl (C=O) groups is 3. The fraction of sp³-hybridized carbons (Fsp3) is 0.447. The van der Waals surface area contributed by atoms with E-state index in [0.29, 0.717) is 38.6 Å². The molecule has 1 saturated heterocycles. The summed E-state index contributed by atoms with van der Waals surface area (Å²) in [7, 11) is 0. The molecule has 2 aliphatic rings. The lowest BCUT2D eigenvalue weighted by Crippen LogP contribution is -2.61. The molecule has 3 aromatic carbocycles. The molecule has 0 aromatic heterocycles. The normalized spacial score (nSPS) is 21.6. The van der Waals surface area contributed by atoms with E-state index < -0.39 is 47.3 Å². The fourth-order valence-electron chi connectivity index (χ4n) is 7.31. The molecule has 0 saturated carbocycles. The highest BCUT2D eigenvalue weighted by atomic mass is 19.1. The summed E-state index contributed by atoms with van der Waals surface area (Å²) in [5.41, 5.74) is 2.33. The molecule has 1 unspecified atom stereocenters. The molecular weight excluding hydrogens is 614 g/mol. The van der Waals surface area contributed by atoms with Crippen LogP contribution in [0.5, 0.6) is 0 Å². The Hall–Kier alpha value is -4.15. The number of likely N-dealkylation sites (tertiary alicyclic amines) is 1. The molecule has 5 rings (SSSR count). The van der Waals surface area contributed by atoms with Crippen LogP contribution >= 0.6 is 0 Å². The van der Waals surface area contributed by atoms with Gasteiger partial charge in [-0.3, -0.25) is 14.4 Å². The van der Waals surface area contributed by atoms with Crippen LogP contribution in [0.25, 0.3) is 0 Å². The Morgan fingerprint density at radius 3 is 2.35 bits per heavy atom. The van der Waals surface area contributed by atoms with Crippen molar-refractivity contribution >= 4 is 17.7 Å². The van der Waals surface area contributed by atoms with E-state index in [0.717, 1.165) is 22.8 Å². The molecule has 2 heterocycles. The molecule has 0 radical (unpaired) electrons. The molecule has 2 aliphatic heterocycles. The quantitative estimate of drug-likeness (QED) is 0.220. The van der Waals surface area contributed by atoms with Crippen LogP contribution in [0, 0.1) is 17.6 Å². The Kier molecular flexibility index (Phi) is 11.3. The van der Waals surface area contributed by atoms with E-state index in [2.05, 4.69) is 16.0 Å². The number of aliphatic hydroxyl groups excluding tert-OH is 1. The van der Waals surface area contributed by atoms with E-state index in [-0.39, 0.29) is 36.3 Å². The van der Waals surface area contributed by atoms with Gasteiger partial charge in [-0.25, -0.2) is 8.78 Å². The number of halogens is 2. The minimum atomic E-state index is -1.14. The van der Waals surface area contributed by atoms with Crippen molar-refractivity contribution in [2.75, 3.05) is 6.54 Å². The van der Waals surface area contributed by atoms with Crippen LogP contribution in [-0.2, 0) is 40.2 Å². The lowest BCUT2D eigenvalue weighted by atomic mass is 9.81. The van der Waals surface area contributed by atoms with Gasteiger partial charge in [0.1, 0.15) is 23.2 Å². The van der Waals surface area contributed by atoms with E-state index in [1.54, 1.807) is 4.90 Å². The summed E-state index contributed by atoms with van der Waals surface area (Å²) in [5.74, 6) is -2.78. The molecule has 256 valence electrons. The molecule has 1 fully saturated rings. The van der Waals surface area contributed by atoms with Crippen molar-refractivity contribution in [2.45, 2.75) is 95.6 Å². The van der Waals surface area contributed by atoms with Gasteiger partial charge in [0.15, 0.2) is 0 Å². The summed E-state index contributed by atoms with van der Waals surface area (Å²) < 4.78 is 28.6. The maximum Gasteiger partial charge on any atom is 0.249 e. The van der Waals surface area contributed by atoms with Crippen LogP contribution in [0.4, 0.5) is 8.78 Å². The average molecular weight is 661 g/mol. The topological polar surface area (TPSA) is 111 Å². The van der Waals surface area contributed by atoms with Crippen molar-refractivity contribution in [2.24, 2.45) is 5.92 Å². The highest BCUT2D eigenvalue weighted by Gasteiger charge is 2.53. The first-order chi connectivity index (χ1) is 23.0. The van der Waals surface area contributed by atoms with E-state index in [4.69, 9.17) is 0 Å². The number of hydrogen-bond donors (Lipinski definition) is 4. The molecule has 3 aromatic rings. The molecule has 0 aliphatic carbocycles. The van der Waals surface area contributed by atoms with Gasteiger partial charge in [-0.2, -0.15) is 0 Å². The van der Waals surface area contributed by atoms with Crippen molar-refractivity contribution in [3.05, 3.63) is 107 Å². The number of aliphatic hydroxyl groups is 1. The van der Waals surface area contributed by atoms with Gasteiger partial charge in [0.25, 0.3) is 0 Å². The third kappa shape index (κ3) is 7.93. The van der Waals surface area contributed by atoms with Crippen molar-refractivity contribution in [3.8, 4) is 0 Å². The summed E-state index contributed by atoms with van der Waals surface area (Å²) >= 11 is 0. The minimum Gasteiger partial charge on any atom is -0.389 e. The van der Waals surface area contributed by atoms with Crippen LogP contribution in [0.1, 0.15) is 62.3 Å². The third-order valence-corrected chi connectivity index (χ3v) is 10.1. The maximum atomic E-state index is 14.4. The monoisotopic (exact) mass is 660 g/mol. The summed E-state index contributed by atoms with van der Waals surface area (Å²) in [4.78, 5) is 42.5. The molecule has 3 amide bonds. The van der Waals surface area contributed by atoms with Gasteiger partial charge in [0.2, 0.25) is 17.7 Å². The highest BCUT2D eigenvalue weighted by Crippen LogP contribution is 2.34. The summed E-state index contributed by atoms with van der Waals surface area (Å²) in [6.45, 7) is 6.06. The zero-order valence-electron chi connectivity index (χ0n) is 27.8. The summed E-state index contributed by atoms with van der Waals surface area (Å²) in [5, 5.41) is 21.1. The summed E-state index contributed by atoms with van der Waals surface area (Å²) in [6.07, 6.45) is 1.14. The first-order valence-electron chi connectivity index (χ1n) is 16.9. The van der Waals surface area contributed by atoms with Crippen molar-refractivity contribution in [1.29, 1.82) is 0 Å². The number of benzene rings is 3. The lowest BCUT2D eigenvalue weighted by Gasteiger charge is -2.37. The van der Waals surface area contributed by atoms with Gasteiger partial charge in [-0.15, -0.1) is 0 Å². The number of aryl methyl sites for hydroxylation is 1. The number of hydrogen-bond acceptors (Lipinski definition) is 5. The predicted octanol–water partition coefficient (Wildman–Crippen LogP) is 4.22. The molecule has 6 atom stereocenters. The van der Waals surface area contributed by atoms with Crippen LogP contribution < -0.4 is 16.0 Å². The Labute approximate surface area is 281 Å². The Balaban J connectivity index is 1.45. The predicted molar refractivity (Wildman–Crippen MR) is 180 cm³/mol. The van der Waals surface area contributed by atoms with Crippen LogP contribution in [-0.4, -0.2) is 64.0 Å². The number of nitrogens with one attached hydrogen (secondary N) is 3. The zero-order valence-corrected chi connectivity index (χ0v) is 27.8. The first kappa shape index (κ1) is 35.2.